The Labute approximate surface area is 315 Å². The van der Waals surface area contributed by atoms with E-state index in [0.29, 0.717) is 11.4 Å². The molecule has 2 aliphatic rings. The molecule has 3 nitrogen and oxygen atoms in total. The van der Waals surface area contributed by atoms with Crippen molar-refractivity contribution in [2.45, 2.75) is 24.7 Å². The minimum atomic E-state index is -0.514. The number of hydrogen-bond acceptors (Lipinski definition) is 3. The van der Waals surface area contributed by atoms with Crippen molar-refractivity contribution in [3.05, 3.63) is 215 Å². The maximum atomic E-state index is 9.77. The van der Waals surface area contributed by atoms with Crippen LogP contribution in [0.15, 0.2) is 176 Å². The van der Waals surface area contributed by atoms with Gasteiger partial charge in [-0.1, -0.05) is 166 Å². The van der Waals surface area contributed by atoms with Crippen molar-refractivity contribution in [2.75, 3.05) is 0 Å². The third-order valence-electron chi connectivity index (χ3n) is 11.6. The summed E-state index contributed by atoms with van der Waals surface area (Å²) in [5, 5.41) is 9.77. The van der Waals surface area contributed by atoms with Gasteiger partial charge in [-0.25, -0.2) is 9.97 Å². The maximum Gasteiger partial charge on any atom is 0.160 e. The highest BCUT2D eigenvalue weighted by Crippen LogP contribution is 2.62. The first-order valence-electron chi connectivity index (χ1n) is 18.5. The molecule has 8 aromatic rings. The molecular formula is C51H35N3. The molecule has 0 radical (unpaired) electrons. The van der Waals surface area contributed by atoms with Crippen molar-refractivity contribution in [3.8, 4) is 62.2 Å². The van der Waals surface area contributed by atoms with Gasteiger partial charge in [-0.2, -0.15) is 5.26 Å². The summed E-state index contributed by atoms with van der Waals surface area (Å²) in [5.41, 5.74) is 17.0. The summed E-state index contributed by atoms with van der Waals surface area (Å²) in [4.78, 5) is 10.5. The van der Waals surface area contributed by atoms with E-state index in [4.69, 9.17) is 9.97 Å². The van der Waals surface area contributed by atoms with E-state index in [9.17, 15) is 5.26 Å². The molecule has 0 atom stereocenters. The lowest BCUT2D eigenvalue weighted by Crippen LogP contribution is -2.40. The lowest BCUT2D eigenvalue weighted by molar-refractivity contribution is 0.563. The monoisotopic (exact) mass is 689 g/mol. The van der Waals surface area contributed by atoms with Crippen LogP contribution in [0.4, 0.5) is 0 Å². The average Bonchev–Trinajstić information content (AvgIpc) is 3.53. The molecule has 0 saturated carbocycles. The zero-order valence-electron chi connectivity index (χ0n) is 30.1. The molecule has 0 aliphatic heterocycles. The zero-order valence-corrected chi connectivity index (χ0v) is 30.1. The quantitative estimate of drug-likeness (QED) is 0.185. The standard InChI is InChI=1S/C51H35N3/c1-50(2)42-19-8-10-21-44(42)51(45-22-11-9-20-43(45)50)41-18-7-6-17-39(41)40-28-27-38(30-46(40)51)49-53-47(31-48(54-49)37-16-12-13-33(29-37)32-52)36-25-23-35(24-26-36)34-14-4-3-5-15-34/h3-31H,1-2H3. The molecule has 1 aromatic heterocycles. The number of fused-ring (bicyclic) bond motifs is 9. The Morgan fingerprint density at radius 3 is 1.61 bits per heavy atom. The first-order chi connectivity index (χ1) is 26.5. The van der Waals surface area contributed by atoms with Gasteiger partial charge in [0.15, 0.2) is 5.82 Å². The van der Waals surface area contributed by atoms with E-state index in [1.54, 1.807) is 0 Å². The molecule has 0 amide bonds. The van der Waals surface area contributed by atoms with Crippen molar-refractivity contribution >= 4 is 0 Å². The van der Waals surface area contributed by atoms with Gasteiger partial charge in [0, 0.05) is 22.1 Å². The third kappa shape index (κ3) is 4.67. The van der Waals surface area contributed by atoms with Crippen molar-refractivity contribution in [1.82, 2.24) is 9.97 Å². The van der Waals surface area contributed by atoms with E-state index >= 15 is 0 Å². The lowest BCUT2D eigenvalue weighted by Gasteiger charge is -2.46. The first kappa shape index (κ1) is 31.8. The number of hydrogen-bond donors (Lipinski definition) is 0. The fourth-order valence-electron chi connectivity index (χ4n) is 9.08. The molecule has 0 bridgehead atoms. The van der Waals surface area contributed by atoms with E-state index in [1.807, 2.05) is 36.4 Å². The van der Waals surface area contributed by atoms with Crippen LogP contribution in [0.3, 0.4) is 0 Å². The first-order valence-corrected chi connectivity index (χ1v) is 18.5. The summed E-state index contributed by atoms with van der Waals surface area (Å²) in [5.74, 6) is 0.642. The van der Waals surface area contributed by atoms with Crippen molar-refractivity contribution < 1.29 is 0 Å². The second-order valence-electron chi connectivity index (χ2n) is 14.9. The molecule has 7 aromatic carbocycles. The van der Waals surface area contributed by atoms with Crippen LogP contribution in [0.2, 0.25) is 0 Å². The lowest BCUT2D eigenvalue weighted by atomic mass is 9.55. The Hall–Kier alpha value is -6.89. The fourth-order valence-corrected chi connectivity index (χ4v) is 9.08. The van der Waals surface area contributed by atoms with Gasteiger partial charge < -0.3 is 0 Å². The van der Waals surface area contributed by atoms with Gasteiger partial charge in [0.1, 0.15) is 0 Å². The second kappa shape index (κ2) is 12.1. The number of nitrogens with zero attached hydrogens (tertiary/aromatic N) is 3. The number of benzene rings is 7. The summed E-state index contributed by atoms with van der Waals surface area (Å²) in [6, 6.07) is 64.7. The zero-order chi connectivity index (χ0) is 36.4. The topological polar surface area (TPSA) is 49.6 Å². The molecule has 0 N–H and O–H groups in total. The van der Waals surface area contributed by atoms with Gasteiger partial charge in [-0.15, -0.1) is 0 Å². The van der Waals surface area contributed by atoms with Crippen LogP contribution in [0.1, 0.15) is 52.8 Å². The molecule has 1 heterocycles. The van der Waals surface area contributed by atoms with Crippen LogP contribution in [-0.4, -0.2) is 9.97 Å². The molecule has 0 saturated heterocycles. The maximum absolute atomic E-state index is 9.77. The largest absolute Gasteiger partial charge is 0.228 e. The van der Waals surface area contributed by atoms with Crippen LogP contribution in [-0.2, 0) is 10.8 Å². The Balaban J connectivity index is 1.21. The Kier molecular flexibility index (Phi) is 7.12. The summed E-state index contributed by atoms with van der Waals surface area (Å²) in [6.07, 6.45) is 0. The molecule has 254 valence electrons. The van der Waals surface area contributed by atoms with E-state index in [2.05, 4.69) is 159 Å². The second-order valence-corrected chi connectivity index (χ2v) is 14.9. The van der Waals surface area contributed by atoms with E-state index in [-0.39, 0.29) is 5.41 Å². The molecule has 1 spiro atoms. The third-order valence-corrected chi connectivity index (χ3v) is 11.6. The fraction of sp³-hybridized carbons (Fsp3) is 0.0784. The molecule has 0 unspecified atom stereocenters. The Morgan fingerprint density at radius 1 is 0.407 bits per heavy atom. The van der Waals surface area contributed by atoms with Gasteiger partial charge >= 0.3 is 0 Å². The molecule has 10 rings (SSSR count). The van der Waals surface area contributed by atoms with E-state index in [0.717, 1.165) is 33.6 Å². The molecular weight excluding hydrogens is 655 g/mol. The summed E-state index contributed by atoms with van der Waals surface area (Å²) >= 11 is 0. The van der Waals surface area contributed by atoms with Gasteiger partial charge in [0.25, 0.3) is 0 Å². The van der Waals surface area contributed by atoms with E-state index < -0.39 is 5.41 Å². The summed E-state index contributed by atoms with van der Waals surface area (Å²) in [7, 11) is 0. The van der Waals surface area contributed by atoms with Crippen LogP contribution >= 0.6 is 0 Å². The van der Waals surface area contributed by atoms with Gasteiger partial charge in [-0.05, 0) is 79.9 Å². The SMILES string of the molecule is CC1(C)c2ccccc2C2(c3ccccc3-c3ccc(-c4nc(-c5ccc(-c6ccccc6)cc5)cc(-c5cccc(C#N)c5)n4)cc32)c2ccccc21. The van der Waals surface area contributed by atoms with Gasteiger partial charge in [0.05, 0.1) is 28.4 Å². The summed E-state index contributed by atoms with van der Waals surface area (Å²) < 4.78 is 0. The van der Waals surface area contributed by atoms with Gasteiger partial charge in [-0.3, -0.25) is 0 Å². The Bertz CT molecular complexity index is 2760. The van der Waals surface area contributed by atoms with Crippen LogP contribution in [0, 0.1) is 11.3 Å². The highest BCUT2D eigenvalue weighted by molar-refractivity contribution is 5.90. The highest BCUT2D eigenvalue weighted by Gasteiger charge is 2.53. The average molecular weight is 690 g/mol. The number of rotatable bonds is 4. The molecule has 3 heteroatoms. The minimum Gasteiger partial charge on any atom is -0.228 e. The predicted octanol–water partition coefficient (Wildman–Crippen LogP) is 12.0. The molecule has 2 aliphatic carbocycles. The smallest absolute Gasteiger partial charge is 0.160 e. The predicted molar refractivity (Wildman–Crippen MR) is 218 cm³/mol. The highest BCUT2D eigenvalue weighted by atomic mass is 14.9. The Morgan fingerprint density at radius 2 is 0.926 bits per heavy atom. The van der Waals surface area contributed by atoms with Crippen LogP contribution in [0.5, 0.6) is 0 Å². The van der Waals surface area contributed by atoms with Crippen molar-refractivity contribution in [3.63, 3.8) is 0 Å². The van der Waals surface area contributed by atoms with E-state index in [1.165, 1.54) is 50.1 Å². The molecule has 0 fully saturated rings. The number of aromatic nitrogens is 2. The number of nitriles is 1. The normalized spacial score (nSPS) is 14.0. The molecule has 54 heavy (non-hydrogen) atoms. The minimum absolute atomic E-state index is 0.173. The van der Waals surface area contributed by atoms with Crippen molar-refractivity contribution in [2.24, 2.45) is 0 Å². The summed E-state index contributed by atoms with van der Waals surface area (Å²) in [6.45, 7) is 4.70. The van der Waals surface area contributed by atoms with Crippen LogP contribution in [0.25, 0.3) is 56.2 Å². The van der Waals surface area contributed by atoms with Crippen molar-refractivity contribution in [1.29, 1.82) is 5.26 Å². The van der Waals surface area contributed by atoms with Crippen LogP contribution < -0.4 is 0 Å². The van der Waals surface area contributed by atoms with Gasteiger partial charge in [0.2, 0.25) is 0 Å².